The minimum atomic E-state index is -3.88. The SMILES string of the molecule is Cc1cccc(CN(C(=O)CN(c2ccc3c(c2)OCO3)S(C)(=O)=O)[C@H](Cc2ccccc2)C(=O)NCC(C)C)c1. The fourth-order valence-electron chi connectivity index (χ4n) is 4.64. The average Bonchev–Trinajstić information content (AvgIpc) is 3.40. The molecule has 0 radical (unpaired) electrons. The van der Waals surface area contributed by atoms with Crippen LogP contribution < -0.4 is 19.1 Å². The number of anilines is 1. The number of hydrogen-bond acceptors (Lipinski definition) is 6. The molecular weight excluding hydrogens is 542 g/mol. The summed E-state index contributed by atoms with van der Waals surface area (Å²) in [6.45, 7) is 6.07. The van der Waals surface area contributed by atoms with E-state index in [1.807, 2.05) is 75.4 Å². The zero-order chi connectivity index (χ0) is 29.6. The van der Waals surface area contributed by atoms with Gasteiger partial charge < -0.3 is 19.7 Å². The molecule has 0 aliphatic carbocycles. The van der Waals surface area contributed by atoms with Gasteiger partial charge in [-0.05, 0) is 36.1 Å². The maximum absolute atomic E-state index is 14.2. The van der Waals surface area contributed by atoms with Gasteiger partial charge in [-0.2, -0.15) is 0 Å². The van der Waals surface area contributed by atoms with Gasteiger partial charge in [-0.25, -0.2) is 8.42 Å². The summed E-state index contributed by atoms with van der Waals surface area (Å²) in [5, 5.41) is 2.98. The molecule has 0 fully saturated rings. The number of aryl methyl sites for hydroxylation is 1. The molecule has 218 valence electrons. The predicted octanol–water partition coefficient (Wildman–Crippen LogP) is 3.90. The normalized spacial score (nSPS) is 13.1. The molecule has 1 heterocycles. The summed E-state index contributed by atoms with van der Waals surface area (Å²) in [5.74, 6) is 0.311. The summed E-state index contributed by atoms with van der Waals surface area (Å²) >= 11 is 0. The van der Waals surface area contributed by atoms with Crippen molar-refractivity contribution in [3.05, 3.63) is 89.5 Å². The molecule has 10 heteroatoms. The number of benzene rings is 3. The van der Waals surface area contributed by atoms with Crippen molar-refractivity contribution in [2.45, 2.75) is 39.8 Å². The second-order valence-corrected chi connectivity index (χ2v) is 12.6. The van der Waals surface area contributed by atoms with E-state index >= 15 is 0 Å². The van der Waals surface area contributed by atoms with Crippen molar-refractivity contribution in [3.8, 4) is 11.5 Å². The number of amides is 2. The fourth-order valence-corrected chi connectivity index (χ4v) is 5.48. The van der Waals surface area contributed by atoms with Gasteiger partial charge in [0.15, 0.2) is 11.5 Å². The number of carbonyl (C=O) groups is 2. The van der Waals surface area contributed by atoms with Gasteiger partial charge in [-0.15, -0.1) is 0 Å². The molecule has 0 spiro atoms. The van der Waals surface area contributed by atoms with Gasteiger partial charge in [0.25, 0.3) is 0 Å². The number of carbonyl (C=O) groups excluding carboxylic acids is 2. The van der Waals surface area contributed by atoms with E-state index in [4.69, 9.17) is 9.47 Å². The maximum Gasteiger partial charge on any atom is 0.244 e. The third-order valence-electron chi connectivity index (χ3n) is 6.71. The first-order valence-corrected chi connectivity index (χ1v) is 15.4. The topological polar surface area (TPSA) is 105 Å². The quantitative estimate of drug-likeness (QED) is 0.349. The molecular formula is C31H37N3O6S. The number of ether oxygens (including phenoxy) is 2. The molecule has 0 saturated heterocycles. The van der Waals surface area contributed by atoms with Crippen molar-refractivity contribution < 1.29 is 27.5 Å². The van der Waals surface area contributed by atoms with Crippen molar-refractivity contribution in [1.82, 2.24) is 10.2 Å². The summed E-state index contributed by atoms with van der Waals surface area (Å²) in [6.07, 6.45) is 1.32. The minimum absolute atomic E-state index is 0.0352. The zero-order valence-electron chi connectivity index (χ0n) is 23.9. The van der Waals surface area contributed by atoms with Crippen LogP contribution in [0.3, 0.4) is 0 Å². The lowest BCUT2D eigenvalue weighted by Gasteiger charge is -2.33. The van der Waals surface area contributed by atoms with Crippen LogP contribution in [0.15, 0.2) is 72.8 Å². The van der Waals surface area contributed by atoms with Crippen LogP contribution in [0.5, 0.6) is 11.5 Å². The lowest BCUT2D eigenvalue weighted by molar-refractivity contribution is -0.140. The summed E-state index contributed by atoms with van der Waals surface area (Å²) in [7, 11) is -3.88. The Kier molecular flexibility index (Phi) is 9.54. The summed E-state index contributed by atoms with van der Waals surface area (Å²) in [4.78, 5) is 29.3. The molecule has 0 saturated carbocycles. The first-order valence-electron chi connectivity index (χ1n) is 13.6. The summed E-state index contributed by atoms with van der Waals surface area (Å²) < 4.78 is 37.8. The molecule has 4 rings (SSSR count). The van der Waals surface area contributed by atoms with Gasteiger partial charge in [0, 0.05) is 25.6 Å². The van der Waals surface area contributed by atoms with Gasteiger partial charge in [-0.1, -0.05) is 74.0 Å². The fraction of sp³-hybridized carbons (Fsp3) is 0.355. The molecule has 0 aromatic heterocycles. The van der Waals surface area contributed by atoms with Crippen LogP contribution in [0.2, 0.25) is 0 Å². The predicted molar refractivity (Wildman–Crippen MR) is 158 cm³/mol. The van der Waals surface area contributed by atoms with Gasteiger partial charge in [-0.3, -0.25) is 13.9 Å². The molecule has 0 bridgehead atoms. The Bertz CT molecular complexity index is 1480. The van der Waals surface area contributed by atoms with E-state index in [1.54, 1.807) is 18.2 Å². The summed E-state index contributed by atoms with van der Waals surface area (Å²) in [6, 6.07) is 21.0. The lowest BCUT2D eigenvalue weighted by atomic mass is 10.0. The molecule has 9 nitrogen and oxygen atoms in total. The van der Waals surface area contributed by atoms with E-state index in [9.17, 15) is 18.0 Å². The molecule has 41 heavy (non-hydrogen) atoms. The highest BCUT2D eigenvalue weighted by Gasteiger charge is 2.33. The Labute approximate surface area is 242 Å². The Balaban J connectivity index is 1.72. The van der Waals surface area contributed by atoms with Crippen molar-refractivity contribution in [2.24, 2.45) is 5.92 Å². The molecule has 3 aromatic rings. The Hall–Kier alpha value is -4.05. The third kappa shape index (κ3) is 8.00. The van der Waals surface area contributed by atoms with Gasteiger partial charge >= 0.3 is 0 Å². The van der Waals surface area contributed by atoms with E-state index < -0.39 is 28.5 Å². The van der Waals surface area contributed by atoms with E-state index in [0.29, 0.717) is 18.0 Å². The number of hydrogen-bond donors (Lipinski definition) is 1. The van der Waals surface area contributed by atoms with Crippen LogP contribution in [-0.4, -0.2) is 57.3 Å². The Morgan fingerprint density at radius 3 is 2.32 bits per heavy atom. The number of rotatable bonds is 12. The highest BCUT2D eigenvalue weighted by molar-refractivity contribution is 7.92. The Morgan fingerprint density at radius 2 is 1.63 bits per heavy atom. The standard InChI is InChI=1S/C31H37N3O6S/c1-22(2)18-32-31(36)27(16-24-10-6-5-7-11-24)33(19-25-12-8-9-23(3)15-25)30(35)20-34(41(4,37)38)26-13-14-28-29(17-26)40-21-39-28/h5-15,17,22,27H,16,18-21H2,1-4H3,(H,32,36)/t27-/m1/s1. The van der Waals surface area contributed by atoms with Crippen molar-refractivity contribution in [1.29, 1.82) is 0 Å². The number of nitrogens with one attached hydrogen (secondary N) is 1. The first kappa shape index (κ1) is 29.9. The van der Waals surface area contributed by atoms with Crippen LogP contribution in [0.25, 0.3) is 0 Å². The van der Waals surface area contributed by atoms with Crippen LogP contribution >= 0.6 is 0 Å². The zero-order valence-corrected chi connectivity index (χ0v) is 24.7. The van der Waals surface area contributed by atoms with E-state index in [2.05, 4.69) is 5.32 Å². The van der Waals surface area contributed by atoms with Gasteiger partial charge in [0.1, 0.15) is 12.6 Å². The lowest BCUT2D eigenvalue weighted by Crippen LogP contribution is -2.53. The van der Waals surface area contributed by atoms with Crippen molar-refractivity contribution in [2.75, 3.05) is 30.4 Å². The molecule has 2 amide bonds. The van der Waals surface area contributed by atoms with Crippen LogP contribution in [0.4, 0.5) is 5.69 Å². The highest BCUT2D eigenvalue weighted by atomic mass is 32.2. The first-order chi connectivity index (χ1) is 19.5. The van der Waals surface area contributed by atoms with E-state index in [0.717, 1.165) is 27.3 Å². The molecule has 1 aliphatic heterocycles. The third-order valence-corrected chi connectivity index (χ3v) is 7.85. The largest absolute Gasteiger partial charge is 0.454 e. The molecule has 1 aliphatic rings. The minimum Gasteiger partial charge on any atom is -0.454 e. The second-order valence-electron chi connectivity index (χ2n) is 10.7. The second kappa shape index (κ2) is 13.1. The van der Waals surface area contributed by atoms with E-state index in [-0.39, 0.29) is 37.3 Å². The van der Waals surface area contributed by atoms with E-state index in [1.165, 1.54) is 4.90 Å². The average molecular weight is 580 g/mol. The number of sulfonamides is 1. The number of nitrogens with zero attached hydrogens (tertiary/aromatic N) is 2. The van der Waals surface area contributed by atoms with Crippen molar-refractivity contribution in [3.63, 3.8) is 0 Å². The smallest absolute Gasteiger partial charge is 0.244 e. The molecule has 3 aromatic carbocycles. The summed E-state index contributed by atoms with van der Waals surface area (Å²) in [5.41, 5.74) is 3.00. The van der Waals surface area contributed by atoms with Gasteiger partial charge in [0.05, 0.1) is 11.9 Å². The monoisotopic (exact) mass is 579 g/mol. The van der Waals surface area contributed by atoms with Gasteiger partial charge in [0.2, 0.25) is 28.6 Å². The molecule has 1 N–H and O–H groups in total. The molecule has 0 unspecified atom stereocenters. The highest BCUT2D eigenvalue weighted by Crippen LogP contribution is 2.36. The Morgan fingerprint density at radius 1 is 0.927 bits per heavy atom. The number of fused-ring (bicyclic) bond motifs is 1. The maximum atomic E-state index is 14.2. The van der Waals surface area contributed by atoms with Crippen molar-refractivity contribution >= 4 is 27.5 Å². The van der Waals surface area contributed by atoms with Crippen LogP contribution in [0, 0.1) is 12.8 Å². The molecule has 1 atom stereocenters. The van der Waals surface area contributed by atoms with Crippen LogP contribution in [0.1, 0.15) is 30.5 Å². The van der Waals surface area contributed by atoms with Crippen LogP contribution in [-0.2, 0) is 32.6 Å².